The molecule has 22 heavy (non-hydrogen) atoms. The number of nitrogens with two attached hydrogens (primary N) is 1. The molecule has 1 aliphatic heterocycles. The Morgan fingerprint density at radius 3 is 2.77 bits per heavy atom. The molecule has 1 aromatic heterocycles. The van der Waals surface area contributed by atoms with Crippen LogP contribution >= 0.6 is 0 Å². The van der Waals surface area contributed by atoms with Gasteiger partial charge in [0.2, 0.25) is 5.84 Å². The van der Waals surface area contributed by atoms with Crippen LogP contribution in [0.5, 0.6) is 0 Å². The van der Waals surface area contributed by atoms with E-state index in [0.717, 1.165) is 28.9 Å². The SMILES string of the molecule is CCCC1=C(Cn2ccnc2)N=CN(/C(=N\N)C(F)(F)F)C1. The molecule has 0 radical (unpaired) electrons. The number of hydrogen-bond acceptors (Lipinski definition) is 4. The summed E-state index contributed by atoms with van der Waals surface area (Å²) in [5.41, 5.74) is 1.58. The second kappa shape index (κ2) is 6.63. The van der Waals surface area contributed by atoms with Crippen molar-refractivity contribution >= 4 is 12.2 Å². The fourth-order valence-electron chi connectivity index (χ4n) is 2.24. The molecule has 0 aliphatic carbocycles. The quantitative estimate of drug-likeness (QED) is 0.400. The van der Waals surface area contributed by atoms with Crippen molar-refractivity contribution in [2.24, 2.45) is 15.9 Å². The molecular formula is C13H17F3N6. The molecule has 0 fully saturated rings. The van der Waals surface area contributed by atoms with Crippen LogP contribution < -0.4 is 5.84 Å². The van der Waals surface area contributed by atoms with Gasteiger partial charge in [0.05, 0.1) is 24.9 Å². The number of allylic oxidation sites excluding steroid dienone is 1. The Kier molecular flexibility index (Phi) is 4.84. The van der Waals surface area contributed by atoms with Crippen molar-refractivity contribution in [3.63, 3.8) is 0 Å². The van der Waals surface area contributed by atoms with E-state index in [9.17, 15) is 13.2 Å². The van der Waals surface area contributed by atoms with Gasteiger partial charge in [-0.3, -0.25) is 0 Å². The Hall–Kier alpha value is -2.32. The van der Waals surface area contributed by atoms with Crippen LogP contribution in [-0.2, 0) is 6.54 Å². The van der Waals surface area contributed by atoms with E-state index in [2.05, 4.69) is 15.1 Å². The molecule has 0 saturated heterocycles. The van der Waals surface area contributed by atoms with E-state index in [1.165, 1.54) is 0 Å². The number of alkyl halides is 3. The van der Waals surface area contributed by atoms with Gasteiger partial charge in [0, 0.05) is 18.9 Å². The summed E-state index contributed by atoms with van der Waals surface area (Å²) in [7, 11) is 0. The fourth-order valence-corrected chi connectivity index (χ4v) is 2.24. The molecule has 2 rings (SSSR count). The van der Waals surface area contributed by atoms with Gasteiger partial charge < -0.3 is 15.3 Å². The standard InChI is InChI=1S/C13H17F3N6/c1-2-3-10-6-22(12(20-17)13(14,15)16)9-19-11(10)7-21-5-4-18-8-21/h4-5,8-9H,2-3,6-7,17H2,1H3/b20-12-. The highest BCUT2D eigenvalue weighted by atomic mass is 19.4. The summed E-state index contributed by atoms with van der Waals surface area (Å²) in [5, 5.41) is 2.87. The Labute approximate surface area is 125 Å². The number of hydrogen-bond donors (Lipinski definition) is 1. The molecule has 0 bridgehead atoms. The van der Waals surface area contributed by atoms with Crippen molar-refractivity contribution in [2.75, 3.05) is 6.54 Å². The number of amidine groups is 1. The zero-order valence-corrected chi connectivity index (χ0v) is 12.1. The first-order chi connectivity index (χ1) is 10.5. The Balaban J connectivity index is 2.22. The maximum atomic E-state index is 12.9. The Morgan fingerprint density at radius 2 is 2.23 bits per heavy atom. The molecule has 6 nitrogen and oxygen atoms in total. The number of aromatic nitrogens is 2. The number of aliphatic imine (C=N–C) groups is 1. The summed E-state index contributed by atoms with van der Waals surface area (Å²) >= 11 is 0. The van der Waals surface area contributed by atoms with Crippen molar-refractivity contribution in [1.29, 1.82) is 0 Å². The monoisotopic (exact) mass is 314 g/mol. The molecule has 0 amide bonds. The van der Waals surface area contributed by atoms with Crippen LogP contribution in [-0.4, -0.2) is 39.3 Å². The van der Waals surface area contributed by atoms with Crippen LogP contribution in [0.4, 0.5) is 13.2 Å². The number of halogens is 3. The number of hydrazone groups is 1. The normalized spacial score (nSPS) is 16.5. The van der Waals surface area contributed by atoms with Gasteiger partial charge in [-0.15, -0.1) is 0 Å². The summed E-state index contributed by atoms with van der Waals surface area (Å²) < 4.78 is 40.5. The lowest BCUT2D eigenvalue weighted by atomic mass is 10.1. The molecule has 0 unspecified atom stereocenters. The van der Waals surface area contributed by atoms with Crippen LogP contribution in [0.3, 0.4) is 0 Å². The van der Waals surface area contributed by atoms with Crippen molar-refractivity contribution < 1.29 is 13.2 Å². The lowest BCUT2D eigenvalue weighted by Crippen LogP contribution is -2.43. The van der Waals surface area contributed by atoms with E-state index in [1.54, 1.807) is 18.7 Å². The van der Waals surface area contributed by atoms with Crippen molar-refractivity contribution in [1.82, 2.24) is 14.5 Å². The van der Waals surface area contributed by atoms with Crippen LogP contribution in [0.25, 0.3) is 0 Å². The predicted molar refractivity (Wildman–Crippen MR) is 77.0 cm³/mol. The fraction of sp³-hybridized carbons (Fsp3) is 0.462. The molecule has 0 saturated carbocycles. The van der Waals surface area contributed by atoms with Crippen LogP contribution in [0, 0.1) is 0 Å². The van der Waals surface area contributed by atoms with E-state index in [4.69, 9.17) is 5.84 Å². The highest BCUT2D eigenvalue weighted by Crippen LogP contribution is 2.24. The molecular weight excluding hydrogens is 297 g/mol. The first-order valence-electron chi connectivity index (χ1n) is 6.78. The number of nitrogens with zero attached hydrogens (tertiary/aromatic N) is 5. The van der Waals surface area contributed by atoms with E-state index in [-0.39, 0.29) is 6.54 Å². The van der Waals surface area contributed by atoms with E-state index in [0.29, 0.717) is 13.0 Å². The van der Waals surface area contributed by atoms with Crippen molar-refractivity contribution in [3.05, 3.63) is 30.0 Å². The summed E-state index contributed by atoms with van der Waals surface area (Å²) in [6.45, 7) is 2.52. The first-order valence-corrected chi connectivity index (χ1v) is 6.78. The Bertz CT molecular complexity index is 585. The average molecular weight is 314 g/mol. The molecule has 120 valence electrons. The topological polar surface area (TPSA) is 71.8 Å². The predicted octanol–water partition coefficient (Wildman–Crippen LogP) is 2.12. The molecule has 2 N–H and O–H groups in total. The van der Waals surface area contributed by atoms with Gasteiger partial charge in [-0.25, -0.2) is 9.98 Å². The lowest BCUT2D eigenvalue weighted by molar-refractivity contribution is -0.0659. The minimum Gasteiger partial charge on any atom is -0.331 e. The summed E-state index contributed by atoms with van der Waals surface area (Å²) in [5.74, 6) is 3.74. The maximum absolute atomic E-state index is 12.9. The second-order valence-corrected chi connectivity index (χ2v) is 4.86. The van der Waals surface area contributed by atoms with E-state index < -0.39 is 12.0 Å². The molecule has 9 heteroatoms. The molecule has 1 aliphatic rings. The van der Waals surface area contributed by atoms with Gasteiger partial charge in [0.1, 0.15) is 0 Å². The van der Waals surface area contributed by atoms with Gasteiger partial charge in [0.25, 0.3) is 0 Å². The average Bonchev–Trinajstić information content (AvgIpc) is 2.94. The third kappa shape index (κ3) is 3.66. The van der Waals surface area contributed by atoms with Gasteiger partial charge >= 0.3 is 6.18 Å². The zero-order chi connectivity index (χ0) is 16.2. The largest absolute Gasteiger partial charge is 0.451 e. The summed E-state index contributed by atoms with van der Waals surface area (Å²) in [6.07, 6.45) is 3.05. The van der Waals surface area contributed by atoms with E-state index in [1.807, 2.05) is 11.5 Å². The first kappa shape index (κ1) is 16.1. The van der Waals surface area contributed by atoms with Crippen LogP contribution in [0.2, 0.25) is 0 Å². The Morgan fingerprint density at radius 1 is 1.45 bits per heavy atom. The maximum Gasteiger partial charge on any atom is 0.451 e. The highest BCUT2D eigenvalue weighted by molar-refractivity contribution is 5.96. The highest BCUT2D eigenvalue weighted by Gasteiger charge is 2.40. The minimum atomic E-state index is -4.61. The smallest absolute Gasteiger partial charge is 0.331 e. The molecule has 0 aromatic carbocycles. The lowest BCUT2D eigenvalue weighted by Gasteiger charge is -2.28. The van der Waals surface area contributed by atoms with Crippen LogP contribution in [0.1, 0.15) is 19.8 Å². The molecule has 0 atom stereocenters. The van der Waals surface area contributed by atoms with Crippen molar-refractivity contribution in [3.8, 4) is 0 Å². The van der Waals surface area contributed by atoms with E-state index >= 15 is 0 Å². The van der Waals surface area contributed by atoms with Crippen LogP contribution in [0.15, 0.2) is 40.1 Å². The summed E-state index contributed by atoms with van der Waals surface area (Å²) in [4.78, 5) is 9.04. The number of rotatable bonds is 4. The third-order valence-electron chi connectivity index (χ3n) is 3.21. The van der Waals surface area contributed by atoms with Crippen molar-refractivity contribution in [2.45, 2.75) is 32.5 Å². The second-order valence-electron chi connectivity index (χ2n) is 4.86. The van der Waals surface area contributed by atoms with Gasteiger partial charge in [0.15, 0.2) is 0 Å². The third-order valence-corrected chi connectivity index (χ3v) is 3.21. The summed E-state index contributed by atoms with van der Waals surface area (Å²) in [6, 6.07) is 0. The zero-order valence-electron chi connectivity index (χ0n) is 12.1. The molecule has 2 heterocycles. The number of imidazole rings is 1. The van der Waals surface area contributed by atoms with Gasteiger partial charge in [-0.1, -0.05) is 13.3 Å². The molecule has 0 spiro atoms. The minimum absolute atomic E-state index is 0.0803. The van der Waals surface area contributed by atoms with Gasteiger partial charge in [-0.2, -0.15) is 18.3 Å². The molecule has 1 aromatic rings. The van der Waals surface area contributed by atoms with Gasteiger partial charge in [-0.05, 0) is 12.0 Å².